The van der Waals surface area contributed by atoms with E-state index in [0.29, 0.717) is 18.3 Å². The van der Waals surface area contributed by atoms with Crippen molar-refractivity contribution in [3.63, 3.8) is 0 Å². The van der Waals surface area contributed by atoms with Crippen molar-refractivity contribution in [1.82, 2.24) is 14.9 Å². The van der Waals surface area contributed by atoms with Crippen LogP contribution in [0.4, 0.5) is 11.6 Å². The summed E-state index contributed by atoms with van der Waals surface area (Å²) in [6.45, 7) is 7.63. The van der Waals surface area contributed by atoms with E-state index in [-0.39, 0.29) is 5.91 Å². The summed E-state index contributed by atoms with van der Waals surface area (Å²) in [6.07, 6.45) is 2.26. The highest BCUT2D eigenvalue weighted by Crippen LogP contribution is 2.39. The van der Waals surface area contributed by atoms with Crippen molar-refractivity contribution in [2.24, 2.45) is 0 Å². The van der Waals surface area contributed by atoms with Crippen LogP contribution >= 0.6 is 0 Å². The lowest BCUT2D eigenvalue weighted by molar-refractivity contribution is -0.129. The maximum Gasteiger partial charge on any atom is 0.242 e. The molecule has 6 nitrogen and oxygen atoms in total. The Morgan fingerprint density at radius 2 is 1.90 bits per heavy atom. The van der Waals surface area contributed by atoms with E-state index < -0.39 is 0 Å². The summed E-state index contributed by atoms with van der Waals surface area (Å²) in [6, 6.07) is 0. The number of carbonyl (C=O) groups is 1. The van der Waals surface area contributed by atoms with Gasteiger partial charge in [-0.15, -0.1) is 0 Å². The molecule has 2 rings (SSSR count). The topological polar surface area (TPSA) is 75.4 Å². The third-order valence-electron chi connectivity index (χ3n) is 3.97. The summed E-state index contributed by atoms with van der Waals surface area (Å²) < 4.78 is 0. The molecule has 6 heteroatoms. The largest absolute Gasteiger partial charge is 0.383 e. The number of hydrogen-bond donors (Lipinski definition) is 1. The van der Waals surface area contributed by atoms with Crippen molar-refractivity contribution in [2.75, 3.05) is 37.3 Å². The molecule has 1 fully saturated rings. The van der Waals surface area contributed by atoms with Crippen LogP contribution in [0, 0.1) is 6.92 Å². The number of likely N-dealkylation sites (N-methyl/N-ethyl adjacent to an activating group) is 2. The lowest BCUT2D eigenvalue weighted by Crippen LogP contribution is -2.39. The molecule has 0 spiro atoms. The standard InChI is InChI=1S/C15H25N5O/c1-5-20(6-2)12(21)9-19(4)15-10(3)13(16)17-14(18-15)11-7-8-11/h11H,5-9H2,1-4H3,(H2,16,17,18). The number of amides is 1. The first-order valence-corrected chi connectivity index (χ1v) is 7.60. The van der Waals surface area contributed by atoms with Crippen molar-refractivity contribution in [1.29, 1.82) is 0 Å². The molecule has 116 valence electrons. The van der Waals surface area contributed by atoms with Crippen LogP contribution in [0.5, 0.6) is 0 Å². The molecule has 1 heterocycles. The van der Waals surface area contributed by atoms with E-state index in [0.717, 1.165) is 43.1 Å². The molecule has 1 aliphatic carbocycles. The Kier molecular flexibility index (Phi) is 4.65. The van der Waals surface area contributed by atoms with Gasteiger partial charge in [-0.1, -0.05) is 0 Å². The molecule has 0 radical (unpaired) electrons. The zero-order valence-corrected chi connectivity index (χ0v) is 13.4. The van der Waals surface area contributed by atoms with Crippen molar-refractivity contribution in [2.45, 2.75) is 39.5 Å². The van der Waals surface area contributed by atoms with Gasteiger partial charge in [0.2, 0.25) is 5.91 Å². The molecule has 0 aliphatic heterocycles. The van der Waals surface area contributed by atoms with E-state index >= 15 is 0 Å². The van der Waals surface area contributed by atoms with Crippen molar-refractivity contribution in [3.05, 3.63) is 11.4 Å². The molecule has 1 aliphatic rings. The fourth-order valence-corrected chi connectivity index (χ4v) is 2.39. The van der Waals surface area contributed by atoms with Crippen LogP contribution in [-0.2, 0) is 4.79 Å². The SMILES string of the molecule is CCN(CC)C(=O)CN(C)c1nc(C2CC2)nc(N)c1C. The number of carbonyl (C=O) groups excluding carboxylic acids is 1. The van der Waals surface area contributed by atoms with E-state index in [1.54, 1.807) is 0 Å². The molecule has 1 saturated carbocycles. The molecule has 0 saturated heterocycles. The summed E-state index contributed by atoms with van der Waals surface area (Å²) in [5.41, 5.74) is 6.84. The van der Waals surface area contributed by atoms with E-state index in [1.165, 1.54) is 0 Å². The van der Waals surface area contributed by atoms with Crippen LogP contribution in [0.2, 0.25) is 0 Å². The third kappa shape index (κ3) is 3.43. The van der Waals surface area contributed by atoms with Crippen molar-refractivity contribution >= 4 is 17.5 Å². The van der Waals surface area contributed by atoms with Crippen molar-refractivity contribution in [3.8, 4) is 0 Å². The highest BCUT2D eigenvalue weighted by Gasteiger charge is 2.28. The van der Waals surface area contributed by atoms with Gasteiger partial charge >= 0.3 is 0 Å². The lowest BCUT2D eigenvalue weighted by Gasteiger charge is -2.25. The zero-order chi connectivity index (χ0) is 15.6. The first-order valence-electron chi connectivity index (χ1n) is 7.60. The van der Waals surface area contributed by atoms with Gasteiger partial charge in [-0.3, -0.25) is 4.79 Å². The first kappa shape index (κ1) is 15.5. The van der Waals surface area contributed by atoms with E-state index in [9.17, 15) is 4.79 Å². The Morgan fingerprint density at radius 1 is 1.29 bits per heavy atom. The van der Waals surface area contributed by atoms with E-state index in [1.807, 2.05) is 37.6 Å². The van der Waals surface area contributed by atoms with E-state index in [2.05, 4.69) is 9.97 Å². The average molecular weight is 291 g/mol. The number of nitrogens with two attached hydrogens (primary N) is 1. The fraction of sp³-hybridized carbons (Fsp3) is 0.667. The number of aromatic nitrogens is 2. The van der Waals surface area contributed by atoms with Gasteiger partial charge in [0.05, 0.1) is 6.54 Å². The zero-order valence-electron chi connectivity index (χ0n) is 13.4. The molecular weight excluding hydrogens is 266 g/mol. The van der Waals surface area contributed by atoms with Gasteiger partial charge in [-0.05, 0) is 33.6 Å². The Hall–Kier alpha value is -1.85. The quantitative estimate of drug-likeness (QED) is 0.860. The second-order valence-corrected chi connectivity index (χ2v) is 5.61. The normalized spacial score (nSPS) is 14.1. The van der Waals surface area contributed by atoms with Crippen LogP contribution in [-0.4, -0.2) is 47.5 Å². The minimum atomic E-state index is 0.104. The molecule has 2 N–H and O–H groups in total. The summed E-state index contributed by atoms with van der Waals surface area (Å²) in [5.74, 6) is 2.65. The molecule has 0 unspecified atom stereocenters. The monoisotopic (exact) mass is 291 g/mol. The Bertz CT molecular complexity index is 523. The van der Waals surface area contributed by atoms with Gasteiger partial charge in [-0.25, -0.2) is 9.97 Å². The summed E-state index contributed by atoms with van der Waals surface area (Å²) >= 11 is 0. The maximum atomic E-state index is 12.2. The molecule has 0 atom stereocenters. The summed E-state index contributed by atoms with van der Waals surface area (Å²) in [5, 5.41) is 0. The Morgan fingerprint density at radius 3 is 2.43 bits per heavy atom. The molecule has 1 aromatic heterocycles. The lowest BCUT2D eigenvalue weighted by atomic mass is 10.2. The molecule has 1 aromatic rings. The van der Waals surface area contributed by atoms with Gasteiger partial charge < -0.3 is 15.5 Å². The number of nitrogens with zero attached hydrogens (tertiary/aromatic N) is 4. The number of anilines is 2. The molecule has 1 amide bonds. The maximum absolute atomic E-state index is 12.2. The predicted octanol–water partition coefficient (Wildman–Crippen LogP) is 1.55. The second kappa shape index (κ2) is 6.28. The van der Waals surface area contributed by atoms with Crippen LogP contribution < -0.4 is 10.6 Å². The minimum Gasteiger partial charge on any atom is -0.383 e. The molecular formula is C15H25N5O. The van der Waals surface area contributed by atoms with E-state index in [4.69, 9.17) is 5.73 Å². The fourth-order valence-electron chi connectivity index (χ4n) is 2.39. The van der Waals surface area contributed by atoms with Gasteiger partial charge in [0.25, 0.3) is 0 Å². The smallest absolute Gasteiger partial charge is 0.242 e. The molecule has 21 heavy (non-hydrogen) atoms. The first-order chi connectivity index (χ1) is 9.97. The van der Waals surface area contributed by atoms with Crippen molar-refractivity contribution < 1.29 is 4.79 Å². The van der Waals surface area contributed by atoms with Crippen LogP contribution in [0.1, 0.15) is 44.0 Å². The summed E-state index contributed by atoms with van der Waals surface area (Å²) in [7, 11) is 1.88. The summed E-state index contributed by atoms with van der Waals surface area (Å²) in [4.78, 5) is 24.9. The highest BCUT2D eigenvalue weighted by molar-refractivity contribution is 5.81. The Labute approximate surface area is 126 Å². The van der Waals surface area contributed by atoms with Gasteiger partial charge in [0.15, 0.2) is 0 Å². The number of hydrogen-bond acceptors (Lipinski definition) is 5. The van der Waals surface area contributed by atoms with Crippen LogP contribution in [0.15, 0.2) is 0 Å². The second-order valence-electron chi connectivity index (χ2n) is 5.61. The number of rotatable bonds is 6. The molecule has 0 aromatic carbocycles. The average Bonchev–Trinajstić information content (AvgIpc) is 3.27. The van der Waals surface area contributed by atoms with Gasteiger partial charge in [0, 0.05) is 31.6 Å². The minimum absolute atomic E-state index is 0.104. The van der Waals surface area contributed by atoms with Crippen LogP contribution in [0.3, 0.4) is 0 Å². The predicted molar refractivity (Wildman–Crippen MR) is 84.4 cm³/mol. The Balaban J connectivity index is 2.18. The van der Waals surface area contributed by atoms with Crippen LogP contribution in [0.25, 0.3) is 0 Å². The highest BCUT2D eigenvalue weighted by atomic mass is 16.2. The van der Waals surface area contributed by atoms with Gasteiger partial charge in [-0.2, -0.15) is 0 Å². The third-order valence-corrected chi connectivity index (χ3v) is 3.97. The van der Waals surface area contributed by atoms with Gasteiger partial charge in [0.1, 0.15) is 17.5 Å². The number of nitrogen functional groups attached to an aromatic ring is 1. The molecule has 0 bridgehead atoms.